The molecule has 0 spiro atoms. The molecule has 0 bridgehead atoms. The number of halogens is 3. The highest BCUT2D eigenvalue weighted by atomic mass is 19.2. The molecule has 1 rings (SSSR count). The van der Waals surface area contributed by atoms with Crippen molar-refractivity contribution in [1.29, 1.82) is 0 Å². The molecule has 1 aromatic carbocycles. The van der Waals surface area contributed by atoms with Gasteiger partial charge in [-0.05, 0) is 6.07 Å². The van der Waals surface area contributed by atoms with Crippen molar-refractivity contribution in [1.82, 2.24) is 0 Å². The van der Waals surface area contributed by atoms with Crippen LogP contribution in [0.2, 0.25) is 0 Å². The molecular formula is C9H7F3O2. The third-order valence-corrected chi connectivity index (χ3v) is 1.57. The van der Waals surface area contributed by atoms with E-state index in [1.54, 1.807) is 0 Å². The van der Waals surface area contributed by atoms with Crippen molar-refractivity contribution in [3.05, 3.63) is 35.1 Å². The Hall–Kier alpha value is -1.36. The number of hydrogen-bond donors (Lipinski definition) is 0. The summed E-state index contributed by atoms with van der Waals surface area (Å²) in [5.41, 5.74) is -0.635. The summed E-state index contributed by atoms with van der Waals surface area (Å²) in [7, 11) is 1.23. The Morgan fingerprint density at radius 1 is 1.36 bits per heavy atom. The summed E-state index contributed by atoms with van der Waals surface area (Å²) in [6, 6.07) is 1.01. The van der Waals surface area contributed by atoms with Crippen LogP contribution in [0.5, 0.6) is 0 Å². The van der Waals surface area contributed by atoms with Crippen molar-refractivity contribution in [3.8, 4) is 0 Å². The Kier molecular flexibility index (Phi) is 3.24. The summed E-state index contributed by atoms with van der Waals surface area (Å²) in [6.45, 7) is -0.417. The number of rotatable bonds is 3. The van der Waals surface area contributed by atoms with E-state index in [1.807, 2.05) is 0 Å². The number of Topliss-reactive ketones (excluding diaryl/α,β-unsaturated/α-hetero) is 1. The van der Waals surface area contributed by atoms with Gasteiger partial charge in [0.2, 0.25) is 0 Å². The first-order valence-electron chi connectivity index (χ1n) is 3.73. The molecule has 0 amide bonds. The Bertz CT molecular complexity index is 363. The van der Waals surface area contributed by atoms with Crippen LogP contribution in [0.15, 0.2) is 12.1 Å². The molecule has 1 aromatic rings. The van der Waals surface area contributed by atoms with Gasteiger partial charge in [-0.3, -0.25) is 4.79 Å². The number of benzene rings is 1. The summed E-state index contributed by atoms with van der Waals surface area (Å²) < 4.78 is 42.6. The maximum atomic E-state index is 12.9. The van der Waals surface area contributed by atoms with Gasteiger partial charge >= 0.3 is 0 Å². The minimum atomic E-state index is -1.38. The number of carbonyl (C=O) groups excluding carboxylic acids is 1. The summed E-state index contributed by atoms with van der Waals surface area (Å²) in [5.74, 6) is -4.54. The summed E-state index contributed by atoms with van der Waals surface area (Å²) >= 11 is 0. The van der Waals surface area contributed by atoms with E-state index < -0.39 is 35.4 Å². The van der Waals surface area contributed by atoms with E-state index in [4.69, 9.17) is 0 Å². The van der Waals surface area contributed by atoms with Gasteiger partial charge in [0.15, 0.2) is 17.4 Å². The minimum absolute atomic E-state index is 0.374. The molecular weight excluding hydrogens is 197 g/mol. The number of ether oxygens (including phenoxy) is 1. The van der Waals surface area contributed by atoms with Crippen molar-refractivity contribution >= 4 is 5.78 Å². The van der Waals surface area contributed by atoms with Crippen LogP contribution in [0.1, 0.15) is 10.4 Å². The number of methoxy groups -OCH3 is 1. The van der Waals surface area contributed by atoms with Crippen LogP contribution in [0.3, 0.4) is 0 Å². The van der Waals surface area contributed by atoms with Crippen LogP contribution < -0.4 is 0 Å². The van der Waals surface area contributed by atoms with Crippen molar-refractivity contribution in [3.63, 3.8) is 0 Å². The third-order valence-electron chi connectivity index (χ3n) is 1.57. The molecule has 0 unspecified atom stereocenters. The highest BCUT2D eigenvalue weighted by Gasteiger charge is 2.16. The molecule has 0 fully saturated rings. The summed E-state index contributed by atoms with van der Waals surface area (Å²) in [4.78, 5) is 11.1. The molecule has 0 atom stereocenters. The molecule has 0 aromatic heterocycles. The Morgan fingerprint density at radius 2 is 2.00 bits per heavy atom. The lowest BCUT2D eigenvalue weighted by Crippen LogP contribution is -2.11. The Morgan fingerprint density at radius 3 is 2.57 bits per heavy atom. The molecule has 0 aliphatic carbocycles. The first kappa shape index (κ1) is 10.7. The molecule has 0 heterocycles. The largest absolute Gasteiger partial charge is 0.377 e. The van der Waals surface area contributed by atoms with Gasteiger partial charge in [0.1, 0.15) is 12.4 Å². The average molecular weight is 204 g/mol. The molecule has 2 nitrogen and oxygen atoms in total. The SMILES string of the molecule is COCC(=O)c1cc(F)cc(F)c1F. The van der Waals surface area contributed by atoms with Crippen LogP contribution in [-0.2, 0) is 4.74 Å². The van der Waals surface area contributed by atoms with Crippen molar-refractivity contribution in [2.45, 2.75) is 0 Å². The van der Waals surface area contributed by atoms with Crippen molar-refractivity contribution < 1.29 is 22.7 Å². The lowest BCUT2D eigenvalue weighted by atomic mass is 10.1. The van der Waals surface area contributed by atoms with E-state index in [1.165, 1.54) is 7.11 Å². The number of ketones is 1. The highest BCUT2D eigenvalue weighted by Crippen LogP contribution is 2.14. The van der Waals surface area contributed by atoms with Crippen LogP contribution in [0, 0.1) is 17.5 Å². The predicted molar refractivity (Wildman–Crippen MR) is 42.5 cm³/mol. The van der Waals surface area contributed by atoms with Gasteiger partial charge in [-0.1, -0.05) is 0 Å². The van der Waals surface area contributed by atoms with Crippen molar-refractivity contribution in [2.24, 2.45) is 0 Å². The van der Waals surface area contributed by atoms with E-state index in [0.29, 0.717) is 12.1 Å². The summed E-state index contributed by atoms with van der Waals surface area (Å²) in [6.07, 6.45) is 0. The molecule has 14 heavy (non-hydrogen) atoms. The second-order valence-corrected chi connectivity index (χ2v) is 2.61. The fraction of sp³-hybridized carbons (Fsp3) is 0.222. The Balaban J connectivity index is 3.13. The zero-order valence-electron chi connectivity index (χ0n) is 7.31. The maximum Gasteiger partial charge on any atom is 0.191 e. The quantitative estimate of drug-likeness (QED) is 0.555. The van der Waals surface area contributed by atoms with Gasteiger partial charge in [0, 0.05) is 13.2 Å². The minimum Gasteiger partial charge on any atom is -0.377 e. The molecule has 0 aliphatic rings. The van der Waals surface area contributed by atoms with E-state index in [2.05, 4.69) is 4.74 Å². The second-order valence-electron chi connectivity index (χ2n) is 2.61. The first-order chi connectivity index (χ1) is 6.56. The van der Waals surface area contributed by atoms with Crippen LogP contribution in [0.4, 0.5) is 13.2 Å². The first-order valence-corrected chi connectivity index (χ1v) is 3.73. The fourth-order valence-electron chi connectivity index (χ4n) is 0.968. The van der Waals surface area contributed by atoms with Crippen LogP contribution in [0.25, 0.3) is 0 Å². The average Bonchev–Trinajstić information content (AvgIpc) is 2.11. The van der Waals surface area contributed by atoms with Gasteiger partial charge in [0.05, 0.1) is 5.56 Å². The highest BCUT2D eigenvalue weighted by molar-refractivity contribution is 5.97. The lowest BCUT2D eigenvalue weighted by molar-refractivity contribution is 0.0842. The van der Waals surface area contributed by atoms with E-state index in [0.717, 1.165) is 0 Å². The van der Waals surface area contributed by atoms with Gasteiger partial charge < -0.3 is 4.74 Å². The van der Waals surface area contributed by atoms with Crippen LogP contribution >= 0.6 is 0 Å². The van der Waals surface area contributed by atoms with Crippen LogP contribution in [-0.4, -0.2) is 19.5 Å². The molecule has 0 radical (unpaired) electrons. The van der Waals surface area contributed by atoms with E-state index in [-0.39, 0.29) is 0 Å². The monoisotopic (exact) mass is 204 g/mol. The molecule has 0 aliphatic heterocycles. The molecule has 0 N–H and O–H groups in total. The van der Waals surface area contributed by atoms with Gasteiger partial charge in [0.25, 0.3) is 0 Å². The fourth-order valence-corrected chi connectivity index (χ4v) is 0.968. The third kappa shape index (κ3) is 2.11. The molecule has 5 heteroatoms. The topological polar surface area (TPSA) is 26.3 Å². The maximum absolute atomic E-state index is 12.9. The second kappa shape index (κ2) is 4.23. The van der Waals surface area contributed by atoms with Crippen molar-refractivity contribution in [2.75, 3.05) is 13.7 Å². The molecule has 0 saturated carbocycles. The van der Waals surface area contributed by atoms with Gasteiger partial charge in [-0.15, -0.1) is 0 Å². The Labute approximate surface area is 78.3 Å². The van der Waals surface area contributed by atoms with Gasteiger partial charge in [-0.25, -0.2) is 13.2 Å². The van der Waals surface area contributed by atoms with E-state index in [9.17, 15) is 18.0 Å². The number of hydrogen-bond acceptors (Lipinski definition) is 2. The zero-order valence-corrected chi connectivity index (χ0v) is 7.31. The smallest absolute Gasteiger partial charge is 0.191 e. The standard InChI is InChI=1S/C9H7F3O2/c1-14-4-8(13)6-2-5(10)3-7(11)9(6)12/h2-3H,4H2,1H3. The lowest BCUT2D eigenvalue weighted by Gasteiger charge is -2.02. The molecule has 0 saturated heterocycles. The summed E-state index contributed by atoms with van der Waals surface area (Å²) in [5, 5.41) is 0. The predicted octanol–water partition coefficient (Wildman–Crippen LogP) is 1.93. The normalized spacial score (nSPS) is 10.3. The zero-order chi connectivity index (χ0) is 10.7. The van der Waals surface area contributed by atoms with E-state index >= 15 is 0 Å². The number of carbonyl (C=O) groups is 1. The molecule has 76 valence electrons. The van der Waals surface area contributed by atoms with Gasteiger partial charge in [-0.2, -0.15) is 0 Å².